The maximum Gasteiger partial charge on any atom is 0.156 e. The van der Waals surface area contributed by atoms with Crippen molar-refractivity contribution in [2.45, 2.75) is 6.92 Å². The molecule has 0 aliphatic rings. The standard InChI is InChI=1S/C7H7N5/c1-6-2-3-7(8-4-6)12-5-9-10-11-12/h2-5H,1H3. The van der Waals surface area contributed by atoms with Crippen LogP contribution in [0.1, 0.15) is 5.56 Å². The lowest BCUT2D eigenvalue weighted by Gasteiger charge is -1.96. The molecule has 0 bridgehead atoms. The van der Waals surface area contributed by atoms with E-state index in [4.69, 9.17) is 0 Å². The van der Waals surface area contributed by atoms with E-state index in [0.29, 0.717) is 0 Å². The molecule has 0 amide bonds. The molecule has 0 fully saturated rings. The zero-order chi connectivity index (χ0) is 8.39. The first kappa shape index (κ1) is 6.90. The second-order valence-corrected chi connectivity index (χ2v) is 2.45. The van der Waals surface area contributed by atoms with Crippen molar-refractivity contribution in [2.75, 3.05) is 0 Å². The van der Waals surface area contributed by atoms with Gasteiger partial charge in [-0.3, -0.25) is 0 Å². The predicted molar refractivity (Wildman–Crippen MR) is 41.7 cm³/mol. The molecule has 5 heteroatoms. The van der Waals surface area contributed by atoms with Crippen LogP contribution in [0.5, 0.6) is 0 Å². The first-order valence-corrected chi connectivity index (χ1v) is 3.52. The molecular formula is C7H7N5. The van der Waals surface area contributed by atoms with Gasteiger partial charge in [0.15, 0.2) is 5.82 Å². The number of nitrogens with zero attached hydrogens (tertiary/aromatic N) is 5. The van der Waals surface area contributed by atoms with Gasteiger partial charge in [-0.15, -0.1) is 5.10 Å². The Bertz CT molecular complexity index is 350. The molecule has 2 heterocycles. The second kappa shape index (κ2) is 2.69. The summed E-state index contributed by atoms with van der Waals surface area (Å²) < 4.78 is 1.51. The van der Waals surface area contributed by atoms with Crippen LogP contribution in [0, 0.1) is 6.92 Å². The number of rotatable bonds is 1. The summed E-state index contributed by atoms with van der Waals surface area (Å²) in [5.41, 5.74) is 1.12. The van der Waals surface area contributed by atoms with E-state index in [9.17, 15) is 0 Å². The Kier molecular flexibility index (Phi) is 1.55. The van der Waals surface area contributed by atoms with Gasteiger partial charge in [-0.1, -0.05) is 6.07 Å². The summed E-state index contributed by atoms with van der Waals surface area (Å²) in [7, 11) is 0. The molecule has 0 aromatic carbocycles. The molecule has 2 rings (SSSR count). The molecule has 2 aromatic heterocycles. The quantitative estimate of drug-likeness (QED) is 0.606. The van der Waals surface area contributed by atoms with Gasteiger partial charge in [0, 0.05) is 6.20 Å². The monoisotopic (exact) mass is 161 g/mol. The third-order valence-electron chi connectivity index (χ3n) is 1.48. The van der Waals surface area contributed by atoms with Crippen molar-refractivity contribution in [2.24, 2.45) is 0 Å². The van der Waals surface area contributed by atoms with Crippen LogP contribution < -0.4 is 0 Å². The van der Waals surface area contributed by atoms with Crippen LogP contribution >= 0.6 is 0 Å². The van der Waals surface area contributed by atoms with E-state index in [-0.39, 0.29) is 0 Å². The Balaban J connectivity index is 2.43. The maximum atomic E-state index is 4.14. The van der Waals surface area contributed by atoms with Gasteiger partial charge in [0.2, 0.25) is 0 Å². The number of aryl methyl sites for hydroxylation is 1. The lowest BCUT2D eigenvalue weighted by Crippen LogP contribution is -1.97. The first-order valence-electron chi connectivity index (χ1n) is 3.52. The molecule has 2 aromatic rings. The highest BCUT2D eigenvalue weighted by Crippen LogP contribution is 2.01. The Morgan fingerprint density at radius 3 is 2.83 bits per heavy atom. The van der Waals surface area contributed by atoms with E-state index in [2.05, 4.69) is 20.5 Å². The lowest BCUT2D eigenvalue weighted by atomic mass is 10.3. The Hall–Kier alpha value is -1.78. The number of hydrogen-bond acceptors (Lipinski definition) is 4. The van der Waals surface area contributed by atoms with Crippen LogP contribution in [-0.2, 0) is 0 Å². The molecule has 12 heavy (non-hydrogen) atoms. The highest BCUT2D eigenvalue weighted by molar-refractivity contribution is 5.22. The van der Waals surface area contributed by atoms with Crippen molar-refractivity contribution in [3.8, 4) is 5.82 Å². The van der Waals surface area contributed by atoms with Crippen LogP contribution in [0.4, 0.5) is 0 Å². The molecule has 0 atom stereocenters. The van der Waals surface area contributed by atoms with Gasteiger partial charge >= 0.3 is 0 Å². The van der Waals surface area contributed by atoms with E-state index >= 15 is 0 Å². The van der Waals surface area contributed by atoms with E-state index in [1.54, 1.807) is 6.20 Å². The van der Waals surface area contributed by atoms with Gasteiger partial charge in [0.1, 0.15) is 6.33 Å². The highest BCUT2D eigenvalue weighted by atomic mass is 15.5. The molecule has 5 nitrogen and oxygen atoms in total. The number of aromatic nitrogens is 5. The number of pyridine rings is 1. The molecule has 0 saturated carbocycles. The SMILES string of the molecule is Cc1ccc(-n2cnnn2)nc1. The van der Waals surface area contributed by atoms with Crippen LogP contribution in [-0.4, -0.2) is 25.2 Å². The van der Waals surface area contributed by atoms with Crippen molar-refractivity contribution in [3.63, 3.8) is 0 Å². The summed E-state index contributed by atoms with van der Waals surface area (Å²) in [6.07, 6.45) is 3.29. The van der Waals surface area contributed by atoms with Gasteiger partial charge in [-0.2, -0.15) is 4.68 Å². The van der Waals surface area contributed by atoms with E-state index in [1.165, 1.54) is 11.0 Å². The molecule has 0 radical (unpaired) electrons. The second-order valence-electron chi connectivity index (χ2n) is 2.45. The molecule has 0 saturated heterocycles. The fourth-order valence-corrected chi connectivity index (χ4v) is 0.862. The zero-order valence-corrected chi connectivity index (χ0v) is 6.55. The van der Waals surface area contributed by atoms with Crippen LogP contribution in [0.25, 0.3) is 5.82 Å². The summed E-state index contributed by atoms with van der Waals surface area (Å²) >= 11 is 0. The third-order valence-corrected chi connectivity index (χ3v) is 1.48. The Morgan fingerprint density at radius 2 is 2.25 bits per heavy atom. The molecule has 0 aliphatic carbocycles. The molecule has 0 aliphatic heterocycles. The van der Waals surface area contributed by atoms with Gasteiger partial charge in [-0.05, 0) is 29.0 Å². The van der Waals surface area contributed by atoms with Crippen molar-refractivity contribution in [1.29, 1.82) is 0 Å². The average Bonchev–Trinajstić information content (AvgIpc) is 2.58. The largest absolute Gasteiger partial charge is 0.237 e. The van der Waals surface area contributed by atoms with Crippen LogP contribution in [0.15, 0.2) is 24.7 Å². The summed E-state index contributed by atoms with van der Waals surface area (Å²) in [6.45, 7) is 1.98. The normalized spacial score (nSPS) is 10.1. The molecule has 0 spiro atoms. The average molecular weight is 161 g/mol. The van der Waals surface area contributed by atoms with E-state index in [1.807, 2.05) is 19.1 Å². The third kappa shape index (κ3) is 1.16. The molecule has 0 N–H and O–H groups in total. The number of hydrogen-bond donors (Lipinski definition) is 0. The van der Waals surface area contributed by atoms with Crippen molar-refractivity contribution in [3.05, 3.63) is 30.2 Å². The summed E-state index contributed by atoms with van der Waals surface area (Å²) in [4.78, 5) is 4.14. The molecule has 0 unspecified atom stereocenters. The van der Waals surface area contributed by atoms with E-state index < -0.39 is 0 Å². The van der Waals surface area contributed by atoms with E-state index in [0.717, 1.165) is 11.4 Å². The first-order chi connectivity index (χ1) is 5.86. The smallest absolute Gasteiger partial charge is 0.156 e. The van der Waals surface area contributed by atoms with Crippen LogP contribution in [0.2, 0.25) is 0 Å². The minimum Gasteiger partial charge on any atom is -0.237 e. The lowest BCUT2D eigenvalue weighted by molar-refractivity contribution is 0.770. The fraction of sp³-hybridized carbons (Fsp3) is 0.143. The summed E-state index contributed by atoms with van der Waals surface area (Å²) in [5, 5.41) is 10.7. The topological polar surface area (TPSA) is 56.5 Å². The van der Waals surface area contributed by atoms with Crippen molar-refractivity contribution >= 4 is 0 Å². The van der Waals surface area contributed by atoms with Gasteiger partial charge in [0.25, 0.3) is 0 Å². The molecule has 60 valence electrons. The van der Waals surface area contributed by atoms with Crippen LogP contribution in [0.3, 0.4) is 0 Å². The Morgan fingerprint density at radius 1 is 1.33 bits per heavy atom. The minimum absolute atomic E-state index is 0.727. The predicted octanol–water partition coefficient (Wildman–Crippen LogP) is 0.366. The van der Waals surface area contributed by atoms with Gasteiger partial charge < -0.3 is 0 Å². The minimum atomic E-state index is 0.727. The Labute approximate surface area is 69.1 Å². The summed E-state index contributed by atoms with van der Waals surface area (Å²) in [6, 6.07) is 3.83. The fourth-order valence-electron chi connectivity index (χ4n) is 0.862. The number of tetrazole rings is 1. The van der Waals surface area contributed by atoms with Gasteiger partial charge in [0.05, 0.1) is 0 Å². The molecular weight excluding hydrogens is 154 g/mol. The maximum absolute atomic E-state index is 4.14. The van der Waals surface area contributed by atoms with Crippen molar-refractivity contribution < 1.29 is 0 Å². The zero-order valence-electron chi connectivity index (χ0n) is 6.55. The highest BCUT2D eigenvalue weighted by Gasteiger charge is 1.96. The van der Waals surface area contributed by atoms with Gasteiger partial charge in [-0.25, -0.2) is 4.98 Å². The summed E-state index contributed by atoms with van der Waals surface area (Å²) in [5.74, 6) is 0.727. The van der Waals surface area contributed by atoms with Crippen molar-refractivity contribution in [1.82, 2.24) is 25.2 Å².